The summed E-state index contributed by atoms with van der Waals surface area (Å²) in [6.07, 6.45) is -6.19. The highest BCUT2D eigenvalue weighted by Crippen LogP contribution is 2.47. The van der Waals surface area contributed by atoms with E-state index in [1.165, 1.54) is 12.0 Å². The average Bonchev–Trinajstić information content (AvgIpc) is 3.04. The summed E-state index contributed by atoms with van der Waals surface area (Å²) in [5, 5.41) is -1.89. The van der Waals surface area contributed by atoms with Crippen molar-refractivity contribution < 1.29 is 67.2 Å². The topological polar surface area (TPSA) is 36.9 Å². The summed E-state index contributed by atoms with van der Waals surface area (Å²) in [6.45, 7) is 2.98. The van der Waals surface area contributed by atoms with E-state index in [1.54, 1.807) is 0 Å². The van der Waals surface area contributed by atoms with Crippen LogP contribution >= 0.6 is 0 Å². The van der Waals surface area contributed by atoms with Crippen LogP contribution in [0.4, 0.5) is 48.3 Å². The zero-order valence-corrected chi connectivity index (χ0v) is 26.4. The summed E-state index contributed by atoms with van der Waals surface area (Å²) >= 11 is 0. The molecule has 0 atom stereocenters. The fourth-order valence-corrected chi connectivity index (χ4v) is 6.05. The van der Waals surface area contributed by atoms with Crippen molar-refractivity contribution in [3.05, 3.63) is 100 Å². The molecule has 270 valence electrons. The number of ether oxygens (including phenoxy) is 4. The molecule has 0 radical (unpaired) electrons. The first-order valence-electron chi connectivity index (χ1n) is 15.5. The molecule has 0 N–H and O–H groups in total. The van der Waals surface area contributed by atoms with Crippen molar-refractivity contribution in [3.63, 3.8) is 0 Å². The van der Waals surface area contributed by atoms with Crippen LogP contribution in [0.15, 0.2) is 48.5 Å². The first kappa shape index (κ1) is 36.4. The molecule has 2 bridgehead atoms. The molecule has 51 heavy (non-hydrogen) atoms. The van der Waals surface area contributed by atoms with E-state index in [-0.39, 0.29) is 22.6 Å². The SMILES string of the molecule is CCCCCC12COC(c3ccc(-c4cc(F)c(C(F)(F)Oc5cc(F)c6c(F)c(C#CC(F)(F)F)c(F)cc6c5)c(F)c4)c(F)c3)(OC1)OC2. The molecular weight excluding hydrogens is 705 g/mol. The van der Waals surface area contributed by atoms with E-state index in [0.29, 0.717) is 50.0 Å². The molecule has 4 nitrogen and oxygen atoms in total. The normalized spacial score (nSPS) is 20.4. The van der Waals surface area contributed by atoms with Crippen LogP contribution in [0.1, 0.15) is 49.3 Å². The van der Waals surface area contributed by atoms with Gasteiger partial charge in [0, 0.05) is 28.5 Å². The molecule has 0 amide bonds. The van der Waals surface area contributed by atoms with Gasteiger partial charge in [-0.05, 0) is 47.7 Å². The van der Waals surface area contributed by atoms with Crippen molar-refractivity contribution in [2.24, 2.45) is 5.41 Å². The largest absolute Gasteiger partial charge is 0.458 e. The minimum absolute atomic E-state index is 0.121. The second kappa shape index (κ2) is 13.3. The van der Waals surface area contributed by atoms with Crippen molar-refractivity contribution in [2.45, 2.75) is 50.9 Å². The zero-order chi connectivity index (χ0) is 36.9. The molecule has 0 aliphatic carbocycles. The molecule has 15 heteroatoms. The quantitative estimate of drug-likeness (QED) is 0.0977. The summed E-state index contributed by atoms with van der Waals surface area (Å²) in [4.78, 5) is 0. The van der Waals surface area contributed by atoms with Crippen molar-refractivity contribution in [1.82, 2.24) is 0 Å². The number of hydrogen-bond donors (Lipinski definition) is 0. The maximum Gasteiger partial charge on any atom is 0.458 e. The standard InChI is InChI=1S/C36H25F11O4/c1-2-3-4-8-33-16-48-36(49-17-33,50-18-33)21-5-6-23(26(38)14-21)19-11-28(40)31(29(41)12-19)35(46,47)51-22-10-20-13-25(37)24(7-9-34(43,44)45)32(42)30(20)27(39)15-22/h5-6,10-15H,2-4,8,16-18H2,1H3. The first-order valence-corrected chi connectivity index (χ1v) is 15.5. The molecule has 0 unspecified atom stereocenters. The van der Waals surface area contributed by atoms with Crippen molar-refractivity contribution in [1.29, 1.82) is 0 Å². The lowest BCUT2D eigenvalue weighted by Gasteiger charge is -2.52. The Labute approximate surface area is 283 Å². The van der Waals surface area contributed by atoms with Gasteiger partial charge < -0.3 is 18.9 Å². The number of alkyl halides is 5. The third kappa shape index (κ3) is 7.09. The second-order valence-corrected chi connectivity index (χ2v) is 12.3. The zero-order valence-electron chi connectivity index (χ0n) is 26.4. The molecule has 3 fully saturated rings. The van der Waals surface area contributed by atoms with E-state index >= 15 is 22.0 Å². The molecule has 0 spiro atoms. The van der Waals surface area contributed by atoms with Gasteiger partial charge in [-0.15, -0.1) is 0 Å². The number of halogens is 11. The molecule has 3 aliphatic rings. The average molecular weight is 731 g/mol. The molecular formula is C36H25F11O4. The molecule has 4 aromatic carbocycles. The summed E-state index contributed by atoms with van der Waals surface area (Å²) in [7, 11) is 0. The predicted octanol–water partition coefficient (Wildman–Crippen LogP) is 10.1. The molecule has 7 rings (SSSR count). The smallest absolute Gasteiger partial charge is 0.429 e. The van der Waals surface area contributed by atoms with Gasteiger partial charge in [-0.3, -0.25) is 0 Å². The number of fused-ring (bicyclic) bond motifs is 4. The lowest BCUT2D eigenvalue weighted by Crippen LogP contribution is -2.58. The first-order chi connectivity index (χ1) is 24.0. The third-order valence-corrected chi connectivity index (χ3v) is 8.61. The Morgan fingerprint density at radius 3 is 1.98 bits per heavy atom. The Kier molecular flexibility index (Phi) is 9.49. The Morgan fingerprint density at radius 1 is 0.745 bits per heavy atom. The second-order valence-electron chi connectivity index (χ2n) is 12.3. The minimum atomic E-state index is -5.14. The van der Waals surface area contributed by atoms with Crippen molar-refractivity contribution in [2.75, 3.05) is 19.8 Å². The molecule has 4 aromatic rings. The van der Waals surface area contributed by atoms with E-state index in [4.69, 9.17) is 14.2 Å². The highest BCUT2D eigenvalue weighted by molar-refractivity contribution is 5.87. The van der Waals surface area contributed by atoms with Gasteiger partial charge in [0.1, 0.15) is 40.4 Å². The molecule has 0 saturated carbocycles. The molecule has 3 aliphatic heterocycles. The number of rotatable bonds is 9. The predicted molar refractivity (Wildman–Crippen MR) is 159 cm³/mol. The van der Waals surface area contributed by atoms with E-state index in [2.05, 4.69) is 11.7 Å². The number of hydrogen-bond acceptors (Lipinski definition) is 4. The van der Waals surface area contributed by atoms with E-state index < -0.39 is 86.4 Å². The third-order valence-electron chi connectivity index (χ3n) is 8.61. The lowest BCUT2D eigenvalue weighted by atomic mass is 9.82. The summed E-state index contributed by atoms with van der Waals surface area (Å²) < 4.78 is 179. The van der Waals surface area contributed by atoms with Gasteiger partial charge in [-0.25, -0.2) is 26.3 Å². The highest BCUT2D eigenvalue weighted by atomic mass is 19.4. The van der Waals surface area contributed by atoms with Crippen LogP contribution in [0, 0.1) is 52.2 Å². The Hall–Kier alpha value is -4.39. The van der Waals surface area contributed by atoms with Gasteiger partial charge in [0.25, 0.3) is 0 Å². The summed E-state index contributed by atoms with van der Waals surface area (Å²) in [6, 6.07) is 5.21. The van der Waals surface area contributed by atoms with Gasteiger partial charge in [0.05, 0.1) is 30.8 Å². The Balaban J connectivity index is 1.24. The van der Waals surface area contributed by atoms with Gasteiger partial charge in [0.15, 0.2) is 5.82 Å². The van der Waals surface area contributed by atoms with Crippen molar-refractivity contribution in [3.8, 4) is 28.7 Å². The molecule has 0 aromatic heterocycles. The van der Waals surface area contributed by atoms with Crippen LogP contribution in [0.2, 0.25) is 0 Å². The van der Waals surface area contributed by atoms with Crippen LogP contribution in [0.25, 0.3) is 21.9 Å². The maximum absolute atomic E-state index is 15.4. The van der Waals surface area contributed by atoms with E-state index in [9.17, 15) is 26.3 Å². The number of benzene rings is 4. The minimum Gasteiger partial charge on any atom is -0.429 e. The highest BCUT2D eigenvalue weighted by Gasteiger charge is 2.53. The Morgan fingerprint density at radius 2 is 1.39 bits per heavy atom. The van der Waals surface area contributed by atoms with Gasteiger partial charge >= 0.3 is 18.3 Å². The maximum atomic E-state index is 15.4. The Bertz CT molecular complexity index is 2020. The van der Waals surface area contributed by atoms with Gasteiger partial charge in [-0.2, -0.15) is 22.0 Å². The van der Waals surface area contributed by atoms with Crippen LogP contribution < -0.4 is 4.74 Å². The van der Waals surface area contributed by atoms with E-state index in [0.717, 1.165) is 37.8 Å². The summed E-state index contributed by atoms with van der Waals surface area (Å²) in [5.74, 6) is -11.0. The van der Waals surface area contributed by atoms with Crippen LogP contribution in [0.3, 0.4) is 0 Å². The van der Waals surface area contributed by atoms with Crippen molar-refractivity contribution >= 4 is 10.8 Å². The van der Waals surface area contributed by atoms with E-state index in [1.807, 2.05) is 0 Å². The lowest BCUT2D eigenvalue weighted by molar-refractivity contribution is -0.480. The van der Waals surface area contributed by atoms with Crippen LogP contribution in [-0.4, -0.2) is 26.0 Å². The van der Waals surface area contributed by atoms with Gasteiger partial charge in [-0.1, -0.05) is 44.2 Å². The fourth-order valence-electron chi connectivity index (χ4n) is 6.05. The van der Waals surface area contributed by atoms with Crippen LogP contribution in [0.5, 0.6) is 5.75 Å². The monoisotopic (exact) mass is 730 g/mol. The summed E-state index contributed by atoms with van der Waals surface area (Å²) in [5.41, 5.74) is -4.48. The molecule has 3 heterocycles. The fraction of sp³-hybridized carbons (Fsp3) is 0.333. The number of unbranched alkanes of at least 4 members (excludes halogenated alkanes) is 2. The molecule has 3 saturated heterocycles. The van der Waals surface area contributed by atoms with Gasteiger partial charge in [0.2, 0.25) is 0 Å². The van der Waals surface area contributed by atoms with Crippen LogP contribution in [-0.2, 0) is 26.3 Å².